The number of hydrogen-bond donors (Lipinski definition) is 2. The molecule has 35 heavy (non-hydrogen) atoms. The molecule has 0 spiro atoms. The molecule has 0 radical (unpaired) electrons. The van der Waals surface area contributed by atoms with E-state index in [0.717, 1.165) is 24.1 Å². The molecule has 2 heterocycles. The van der Waals surface area contributed by atoms with Crippen molar-refractivity contribution in [3.63, 3.8) is 0 Å². The summed E-state index contributed by atoms with van der Waals surface area (Å²) in [5.74, 6) is -2.27. The Morgan fingerprint density at radius 1 is 1.23 bits per heavy atom. The number of esters is 1. The summed E-state index contributed by atoms with van der Waals surface area (Å²) in [7, 11) is 1.27. The van der Waals surface area contributed by atoms with Gasteiger partial charge in [-0.05, 0) is 63.2 Å². The molecule has 1 fully saturated rings. The lowest BCUT2D eigenvalue weighted by Gasteiger charge is -2.27. The summed E-state index contributed by atoms with van der Waals surface area (Å²) in [6.45, 7) is 10.5. The van der Waals surface area contributed by atoms with E-state index in [2.05, 4.69) is 39.7 Å². The van der Waals surface area contributed by atoms with Crippen molar-refractivity contribution in [3.8, 4) is 0 Å². The number of ether oxygens (including phenoxy) is 1. The fraction of sp³-hybridized carbons (Fsp3) is 0.423. The number of nitrogens with one attached hydrogen (secondary N) is 1. The molecule has 1 aliphatic heterocycles. The van der Waals surface area contributed by atoms with Crippen molar-refractivity contribution in [2.24, 2.45) is 0 Å². The predicted molar refractivity (Wildman–Crippen MR) is 137 cm³/mol. The van der Waals surface area contributed by atoms with E-state index in [0.29, 0.717) is 35.3 Å². The van der Waals surface area contributed by atoms with Gasteiger partial charge < -0.3 is 24.6 Å². The number of amides is 1. The maximum absolute atomic E-state index is 13.3. The first kappa shape index (κ1) is 26.7. The summed E-state index contributed by atoms with van der Waals surface area (Å²) in [5.41, 5.74) is 2.19. The Morgan fingerprint density at radius 2 is 1.91 bits per heavy atom. The van der Waals surface area contributed by atoms with Crippen molar-refractivity contribution >= 4 is 39.3 Å². The summed E-state index contributed by atoms with van der Waals surface area (Å²) in [5, 5.41) is 11.4. The number of methoxy groups -OCH3 is 1. The number of likely N-dealkylation sites (tertiary alicyclic amines) is 1. The predicted octanol–water partition coefficient (Wildman–Crippen LogP) is 4.33. The number of carbonyl (C=O) groups is 3. The standard InChI is InChI=1S/C26H32BrN3O5/c1-6-29(7-2)12-9-13-30-22(17-10-8-11-18(27)14-17)20(24(32)25(30)33)23(31)19-15(3)21(26(34)35-5)28-16(19)4/h8,10-11,14,22,28,31H,6-7,9,12-13H2,1-5H3/b23-20+. The minimum atomic E-state index is -0.750. The lowest BCUT2D eigenvalue weighted by Crippen LogP contribution is -2.33. The number of benzene rings is 1. The number of carbonyl (C=O) groups excluding carboxylic acids is 3. The van der Waals surface area contributed by atoms with Crippen molar-refractivity contribution in [1.29, 1.82) is 0 Å². The fourth-order valence-electron chi connectivity index (χ4n) is 4.68. The summed E-state index contributed by atoms with van der Waals surface area (Å²) in [6.07, 6.45) is 0.688. The molecule has 1 unspecified atom stereocenters. The van der Waals surface area contributed by atoms with Crippen molar-refractivity contribution < 1.29 is 24.2 Å². The molecule has 0 aliphatic carbocycles. The molecular weight excluding hydrogens is 514 g/mol. The van der Waals surface area contributed by atoms with Crippen LogP contribution in [0.5, 0.6) is 0 Å². The van der Waals surface area contributed by atoms with Crippen LogP contribution in [0, 0.1) is 13.8 Å². The van der Waals surface area contributed by atoms with E-state index in [1.165, 1.54) is 12.0 Å². The molecule has 1 aliphatic rings. The van der Waals surface area contributed by atoms with Crippen LogP contribution in [0.15, 0.2) is 34.3 Å². The van der Waals surface area contributed by atoms with Crippen LogP contribution in [0.1, 0.15) is 59.2 Å². The molecule has 3 rings (SSSR count). The number of aliphatic hydroxyl groups is 1. The van der Waals surface area contributed by atoms with E-state index in [1.54, 1.807) is 13.8 Å². The third-order valence-electron chi connectivity index (χ3n) is 6.54. The van der Waals surface area contributed by atoms with Gasteiger partial charge in [0.2, 0.25) is 0 Å². The zero-order valence-electron chi connectivity index (χ0n) is 20.8. The van der Waals surface area contributed by atoms with Gasteiger partial charge in [0.15, 0.2) is 0 Å². The minimum absolute atomic E-state index is 0.0116. The third kappa shape index (κ3) is 5.21. The van der Waals surface area contributed by atoms with Crippen LogP contribution in [0.3, 0.4) is 0 Å². The van der Waals surface area contributed by atoms with Gasteiger partial charge in [-0.15, -0.1) is 0 Å². The summed E-state index contributed by atoms with van der Waals surface area (Å²) in [4.78, 5) is 45.4. The Labute approximate surface area is 214 Å². The first-order valence-corrected chi connectivity index (χ1v) is 12.5. The second kappa shape index (κ2) is 11.2. The number of aliphatic hydroxyl groups excluding tert-OH is 1. The monoisotopic (exact) mass is 545 g/mol. The minimum Gasteiger partial charge on any atom is -0.507 e. The van der Waals surface area contributed by atoms with Gasteiger partial charge in [0, 0.05) is 22.3 Å². The molecular formula is C26H32BrN3O5. The molecule has 1 aromatic heterocycles. The molecule has 2 aromatic rings. The second-order valence-corrected chi connectivity index (χ2v) is 9.46. The molecule has 2 N–H and O–H groups in total. The normalized spacial score (nSPS) is 17.5. The van der Waals surface area contributed by atoms with Crippen molar-refractivity contribution in [2.75, 3.05) is 33.3 Å². The summed E-state index contributed by atoms with van der Waals surface area (Å²) in [6, 6.07) is 6.62. The van der Waals surface area contributed by atoms with Crippen LogP contribution in [-0.4, -0.2) is 70.8 Å². The number of aromatic nitrogens is 1. The number of rotatable bonds is 9. The number of aryl methyl sites for hydroxylation is 1. The third-order valence-corrected chi connectivity index (χ3v) is 7.03. The average Bonchev–Trinajstić information content (AvgIpc) is 3.28. The van der Waals surface area contributed by atoms with Gasteiger partial charge in [-0.1, -0.05) is 41.9 Å². The van der Waals surface area contributed by atoms with Crippen LogP contribution >= 0.6 is 15.9 Å². The maximum Gasteiger partial charge on any atom is 0.354 e. The Hall–Kier alpha value is -2.91. The molecule has 0 saturated carbocycles. The Balaban J connectivity index is 2.12. The van der Waals surface area contributed by atoms with E-state index in [1.807, 2.05) is 24.3 Å². The number of nitrogens with zero attached hydrogens (tertiary/aromatic N) is 2. The number of Topliss-reactive ketones (excluding diaryl/α,β-unsaturated/α-hetero) is 1. The lowest BCUT2D eigenvalue weighted by atomic mass is 9.94. The summed E-state index contributed by atoms with van der Waals surface area (Å²) < 4.78 is 5.62. The second-order valence-electron chi connectivity index (χ2n) is 8.54. The highest BCUT2D eigenvalue weighted by Gasteiger charge is 2.46. The van der Waals surface area contributed by atoms with Gasteiger partial charge in [-0.2, -0.15) is 0 Å². The van der Waals surface area contributed by atoms with Crippen LogP contribution in [0.25, 0.3) is 5.76 Å². The van der Waals surface area contributed by atoms with Crippen molar-refractivity contribution in [1.82, 2.24) is 14.8 Å². The highest BCUT2D eigenvalue weighted by atomic mass is 79.9. The number of ketones is 1. The Bertz CT molecular complexity index is 1170. The zero-order chi connectivity index (χ0) is 25.9. The van der Waals surface area contributed by atoms with Crippen LogP contribution in [0.2, 0.25) is 0 Å². The molecule has 1 atom stereocenters. The van der Waals surface area contributed by atoms with Crippen LogP contribution in [0.4, 0.5) is 0 Å². The number of halogens is 1. The smallest absolute Gasteiger partial charge is 0.354 e. The average molecular weight is 546 g/mol. The lowest BCUT2D eigenvalue weighted by molar-refractivity contribution is -0.140. The fourth-order valence-corrected chi connectivity index (χ4v) is 5.10. The van der Waals surface area contributed by atoms with Gasteiger partial charge in [-0.3, -0.25) is 9.59 Å². The number of hydrogen-bond acceptors (Lipinski definition) is 6. The van der Waals surface area contributed by atoms with Crippen LogP contribution in [-0.2, 0) is 14.3 Å². The van der Waals surface area contributed by atoms with Gasteiger partial charge >= 0.3 is 5.97 Å². The van der Waals surface area contributed by atoms with Gasteiger partial charge in [-0.25, -0.2) is 4.79 Å². The van der Waals surface area contributed by atoms with Crippen molar-refractivity contribution in [2.45, 2.75) is 40.2 Å². The summed E-state index contributed by atoms with van der Waals surface area (Å²) >= 11 is 3.47. The topological polar surface area (TPSA) is 103 Å². The van der Waals surface area contributed by atoms with E-state index in [9.17, 15) is 19.5 Å². The largest absolute Gasteiger partial charge is 0.507 e. The molecule has 1 saturated heterocycles. The molecule has 1 aromatic carbocycles. The van der Waals surface area contributed by atoms with Gasteiger partial charge in [0.05, 0.1) is 18.7 Å². The van der Waals surface area contributed by atoms with E-state index < -0.39 is 23.7 Å². The zero-order valence-corrected chi connectivity index (χ0v) is 22.4. The Kier molecular flexibility index (Phi) is 8.56. The maximum atomic E-state index is 13.3. The SMILES string of the molecule is CCN(CC)CCCN1C(=O)C(=O)/C(=C(/O)c2c(C)[nH]c(C(=O)OC)c2C)C1c1cccc(Br)c1. The molecule has 1 amide bonds. The van der Waals surface area contributed by atoms with Gasteiger partial charge in [0.1, 0.15) is 11.5 Å². The van der Waals surface area contributed by atoms with Crippen LogP contribution < -0.4 is 0 Å². The number of H-pyrrole nitrogens is 1. The first-order chi connectivity index (χ1) is 16.7. The molecule has 0 bridgehead atoms. The van der Waals surface area contributed by atoms with E-state index in [4.69, 9.17) is 4.74 Å². The van der Waals surface area contributed by atoms with Crippen molar-refractivity contribution in [3.05, 3.63) is 62.4 Å². The first-order valence-electron chi connectivity index (χ1n) is 11.7. The molecule has 8 nitrogen and oxygen atoms in total. The highest BCUT2D eigenvalue weighted by molar-refractivity contribution is 9.10. The quantitative estimate of drug-likeness (QED) is 0.210. The van der Waals surface area contributed by atoms with E-state index >= 15 is 0 Å². The number of aromatic amines is 1. The molecule has 9 heteroatoms. The Morgan fingerprint density at radius 3 is 2.51 bits per heavy atom. The van der Waals surface area contributed by atoms with Gasteiger partial charge in [0.25, 0.3) is 11.7 Å². The van der Waals surface area contributed by atoms with E-state index in [-0.39, 0.29) is 17.0 Å². The highest BCUT2D eigenvalue weighted by Crippen LogP contribution is 2.41. The molecule has 188 valence electrons.